The van der Waals surface area contributed by atoms with Crippen molar-refractivity contribution in [3.8, 4) is 0 Å². The molecule has 3 aromatic rings. The molecule has 2 fully saturated rings. The van der Waals surface area contributed by atoms with E-state index >= 15 is 0 Å². The minimum atomic E-state index is 0.596. The third-order valence-electron chi connectivity index (χ3n) is 5.55. The number of anilines is 1. The van der Waals surface area contributed by atoms with Crippen molar-refractivity contribution in [2.75, 3.05) is 44.3 Å². The Morgan fingerprint density at radius 1 is 1.12 bits per heavy atom. The number of aromatic amines is 1. The minimum absolute atomic E-state index is 0.596. The van der Waals surface area contributed by atoms with Crippen molar-refractivity contribution >= 4 is 27.6 Å². The van der Waals surface area contributed by atoms with Crippen molar-refractivity contribution in [2.24, 2.45) is 0 Å². The highest BCUT2D eigenvalue weighted by Gasteiger charge is 2.28. The van der Waals surface area contributed by atoms with Crippen molar-refractivity contribution in [3.63, 3.8) is 0 Å². The van der Waals surface area contributed by atoms with Gasteiger partial charge in [-0.1, -0.05) is 0 Å². The number of aromatic nitrogens is 3. The maximum atomic E-state index is 5.52. The van der Waals surface area contributed by atoms with Gasteiger partial charge in [0.05, 0.1) is 13.2 Å². The first-order chi connectivity index (χ1) is 12.4. The predicted molar refractivity (Wildman–Crippen MR) is 99.0 cm³/mol. The van der Waals surface area contributed by atoms with Gasteiger partial charge < -0.3 is 14.6 Å². The molecule has 2 aliphatic heterocycles. The number of morpholine rings is 1. The second kappa shape index (κ2) is 6.28. The van der Waals surface area contributed by atoms with E-state index in [9.17, 15) is 0 Å². The van der Waals surface area contributed by atoms with Gasteiger partial charge in [-0.25, -0.2) is 9.97 Å². The van der Waals surface area contributed by atoms with Crippen molar-refractivity contribution in [1.29, 1.82) is 0 Å². The van der Waals surface area contributed by atoms with Gasteiger partial charge in [-0.2, -0.15) is 0 Å². The lowest BCUT2D eigenvalue weighted by Gasteiger charge is -2.41. The zero-order chi connectivity index (χ0) is 16.6. The summed E-state index contributed by atoms with van der Waals surface area (Å²) < 4.78 is 5.52. The molecule has 6 nitrogen and oxygen atoms in total. The number of rotatable bonds is 2. The number of nitrogens with one attached hydrogen (secondary N) is 1. The molecule has 130 valence electrons. The molecule has 0 spiro atoms. The van der Waals surface area contributed by atoms with Crippen LogP contribution < -0.4 is 4.90 Å². The quantitative estimate of drug-likeness (QED) is 0.778. The van der Waals surface area contributed by atoms with E-state index < -0.39 is 0 Å². The lowest BCUT2D eigenvalue weighted by atomic mass is 10.0. The maximum absolute atomic E-state index is 5.52. The first-order valence-corrected chi connectivity index (χ1v) is 9.18. The van der Waals surface area contributed by atoms with E-state index in [1.54, 1.807) is 0 Å². The Bertz CT molecular complexity index is 886. The zero-order valence-corrected chi connectivity index (χ0v) is 14.3. The fourth-order valence-electron chi connectivity index (χ4n) is 4.28. The van der Waals surface area contributed by atoms with E-state index in [-0.39, 0.29) is 0 Å². The maximum Gasteiger partial charge on any atom is 0.137 e. The number of H-pyrrole nitrogens is 1. The summed E-state index contributed by atoms with van der Waals surface area (Å²) in [6.07, 6.45) is 8.30. The number of hydrogen-bond acceptors (Lipinski definition) is 5. The molecule has 3 aromatic heterocycles. The number of piperidine rings is 1. The number of nitrogens with zero attached hydrogens (tertiary/aromatic N) is 4. The molecular formula is C19H23N5O. The summed E-state index contributed by atoms with van der Waals surface area (Å²) in [5.41, 5.74) is 0.934. The van der Waals surface area contributed by atoms with E-state index in [1.807, 2.05) is 18.6 Å². The average molecular weight is 337 g/mol. The van der Waals surface area contributed by atoms with Crippen LogP contribution in [0.25, 0.3) is 21.8 Å². The van der Waals surface area contributed by atoms with Gasteiger partial charge in [0.1, 0.15) is 11.5 Å². The molecule has 2 saturated heterocycles. The minimum Gasteiger partial charge on any atom is -0.379 e. The monoisotopic (exact) mass is 337 g/mol. The normalized spacial score (nSPS) is 22.7. The Balaban J connectivity index is 1.52. The highest BCUT2D eigenvalue weighted by Crippen LogP contribution is 2.32. The Hall–Kier alpha value is -2.18. The molecule has 6 heteroatoms. The van der Waals surface area contributed by atoms with Gasteiger partial charge >= 0.3 is 0 Å². The van der Waals surface area contributed by atoms with Crippen LogP contribution in [0.5, 0.6) is 0 Å². The van der Waals surface area contributed by atoms with Gasteiger partial charge in [0, 0.05) is 67.0 Å². The number of ether oxygens (including phenoxy) is 1. The van der Waals surface area contributed by atoms with Crippen LogP contribution in [-0.2, 0) is 4.74 Å². The summed E-state index contributed by atoms with van der Waals surface area (Å²) >= 11 is 0. The molecule has 25 heavy (non-hydrogen) atoms. The standard InChI is InChI=1S/C19H23N5O/c1-2-15(23-8-10-25-11-9-23)13-24(7-1)19-17-14(3-5-21-19)12-22-18-16(17)4-6-20-18/h3-6,12,15H,1-2,7-11,13H2,(H,20,22). The van der Waals surface area contributed by atoms with E-state index in [0.29, 0.717) is 6.04 Å². The summed E-state index contributed by atoms with van der Waals surface area (Å²) in [4.78, 5) is 17.6. The van der Waals surface area contributed by atoms with Gasteiger partial charge in [-0.05, 0) is 25.0 Å². The predicted octanol–water partition coefficient (Wildman–Crippen LogP) is 2.41. The molecule has 1 atom stereocenters. The summed E-state index contributed by atoms with van der Waals surface area (Å²) in [5.74, 6) is 1.10. The molecule has 0 aliphatic carbocycles. The van der Waals surface area contributed by atoms with Crippen LogP contribution in [0.15, 0.2) is 30.7 Å². The van der Waals surface area contributed by atoms with Crippen LogP contribution in [0, 0.1) is 0 Å². The molecular weight excluding hydrogens is 314 g/mol. The summed E-state index contributed by atoms with van der Waals surface area (Å²) in [6, 6.07) is 4.76. The van der Waals surface area contributed by atoms with E-state index in [1.165, 1.54) is 18.2 Å². The average Bonchev–Trinajstić information content (AvgIpc) is 3.17. The lowest BCUT2D eigenvalue weighted by molar-refractivity contribution is 0.0137. The zero-order valence-electron chi connectivity index (χ0n) is 14.3. The van der Waals surface area contributed by atoms with Crippen molar-refractivity contribution in [2.45, 2.75) is 18.9 Å². The SMILES string of the molecule is c1cc2cnc3[nH]ccc3c2c(N2CCCC(N3CCOCC3)C2)n1. The van der Waals surface area contributed by atoms with Crippen molar-refractivity contribution in [3.05, 3.63) is 30.7 Å². The molecule has 2 aliphatic rings. The smallest absolute Gasteiger partial charge is 0.137 e. The van der Waals surface area contributed by atoms with Crippen LogP contribution in [0.2, 0.25) is 0 Å². The molecule has 0 bridgehead atoms. The molecule has 0 aromatic carbocycles. The first-order valence-electron chi connectivity index (χ1n) is 9.18. The molecule has 5 rings (SSSR count). The Labute approximate surface area is 146 Å². The third kappa shape index (κ3) is 2.65. The van der Waals surface area contributed by atoms with Crippen LogP contribution in [-0.4, -0.2) is 65.3 Å². The Morgan fingerprint density at radius 3 is 2.96 bits per heavy atom. The van der Waals surface area contributed by atoms with Crippen LogP contribution >= 0.6 is 0 Å². The summed E-state index contributed by atoms with van der Waals surface area (Å²) in [5, 5.41) is 3.54. The number of hydrogen-bond donors (Lipinski definition) is 1. The molecule has 0 amide bonds. The molecule has 1 unspecified atom stereocenters. The summed E-state index contributed by atoms with van der Waals surface area (Å²) in [6.45, 7) is 5.93. The van der Waals surface area contributed by atoms with Gasteiger partial charge in [-0.15, -0.1) is 0 Å². The lowest BCUT2D eigenvalue weighted by Crippen LogP contribution is -2.51. The van der Waals surface area contributed by atoms with E-state index in [0.717, 1.165) is 61.6 Å². The van der Waals surface area contributed by atoms with Crippen molar-refractivity contribution in [1.82, 2.24) is 19.9 Å². The number of pyridine rings is 2. The van der Waals surface area contributed by atoms with Crippen LogP contribution in [0.1, 0.15) is 12.8 Å². The second-order valence-electron chi connectivity index (χ2n) is 6.99. The fourth-order valence-corrected chi connectivity index (χ4v) is 4.28. The van der Waals surface area contributed by atoms with E-state index in [2.05, 4.69) is 31.9 Å². The van der Waals surface area contributed by atoms with Gasteiger partial charge in [0.15, 0.2) is 0 Å². The largest absolute Gasteiger partial charge is 0.379 e. The van der Waals surface area contributed by atoms with Crippen molar-refractivity contribution < 1.29 is 4.74 Å². The molecule has 1 N–H and O–H groups in total. The first kappa shape index (κ1) is 15.1. The Kier molecular flexibility index (Phi) is 3.79. The summed E-state index contributed by atoms with van der Waals surface area (Å²) in [7, 11) is 0. The van der Waals surface area contributed by atoms with Gasteiger partial charge in [0.25, 0.3) is 0 Å². The van der Waals surface area contributed by atoms with Crippen LogP contribution in [0.4, 0.5) is 5.82 Å². The molecule has 0 saturated carbocycles. The fraction of sp³-hybridized carbons (Fsp3) is 0.474. The topological polar surface area (TPSA) is 57.3 Å². The second-order valence-corrected chi connectivity index (χ2v) is 6.99. The number of fused-ring (bicyclic) bond motifs is 3. The highest BCUT2D eigenvalue weighted by atomic mass is 16.5. The van der Waals surface area contributed by atoms with Gasteiger partial charge in [0.2, 0.25) is 0 Å². The highest BCUT2D eigenvalue weighted by molar-refractivity contribution is 6.10. The molecule has 0 radical (unpaired) electrons. The van der Waals surface area contributed by atoms with E-state index in [4.69, 9.17) is 9.72 Å². The third-order valence-corrected chi connectivity index (χ3v) is 5.55. The molecule has 5 heterocycles. The van der Waals surface area contributed by atoms with Gasteiger partial charge in [-0.3, -0.25) is 4.90 Å². The van der Waals surface area contributed by atoms with Crippen LogP contribution in [0.3, 0.4) is 0 Å². The Morgan fingerprint density at radius 2 is 2.04 bits per heavy atom.